The average Bonchev–Trinajstić information content (AvgIpc) is 3.41. The third kappa shape index (κ3) is 11.0. The van der Waals surface area contributed by atoms with Crippen LogP contribution in [-0.4, -0.2) is 36.8 Å². The van der Waals surface area contributed by atoms with Gasteiger partial charge in [-0.25, -0.2) is 20.0 Å². The second kappa shape index (κ2) is 22.1. The lowest BCUT2D eigenvalue weighted by molar-refractivity contribution is 0.478. The summed E-state index contributed by atoms with van der Waals surface area (Å²) in [5.41, 5.74) is 12.6. The van der Waals surface area contributed by atoms with Gasteiger partial charge in [0.15, 0.2) is 23.3 Å². The molecule has 0 heterocycles. The van der Waals surface area contributed by atoms with Gasteiger partial charge in [-0.15, -0.1) is 0 Å². The van der Waals surface area contributed by atoms with Gasteiger partial charge in [0.1, 0.15) is 0 Å². The van der Waals surface area contributed by atoms with Crippen LogP contribution in [-0.2, 0) is 18.5 Å². The van der Waals surface area contributed by atoms with E-state index in [9.17, 15) is 0 Å². The molecule has 6 nitrogen and oxygen atoms in total. The fourth-order valence-electron chi connectivity index (χ4n) is 8.52. The van der Waals surface area contributed by atoms with Crippen molar-refractivity contribution in [2.75, 3.05) is 0 Å². The van der Waals surface area contributed by atoms with E-state index in [2.05, 4.69) is 159 Å². The van der Waals surface area contributed by atoms with Crippen molar-refractivity contribution in [3.8, 4) is 22.3 Å². The molecule has 8 aromatic rings. The maximum absolute atomic E-state index is 5.13. The van der Waals surface area contributed by atoms with E-state index in [1.165, 1.54) is 16.7 Å². The Kier molecular flexibility index (Phi) is 15.0. The summed E-state index contributed by atoms with van der Waals surface area (Å²) < 4.78 is 0. The molecule has 0 amide bonds. The summed E-state index contributed by atoms with van der Waals surface area (Å²) in [5, 5.41) is 0. The second-order valence-corrected chi connectivity index (χ2v) is 16.3. The van der Waals surface area contributed by atoms with E-state index in [0.29, 0.717) is 36.4 Å². The molecule has 0 aliphatic carbocycles. The largest absolute Gasteiger partial charge is 0.261 e. The molecule has 0 saturated carbocycles. The minimum absolute atomic E-state index is 0.213. The van der Waals surface area contributed by atoms with Crippen molar-refractivity contribution in [2.24, 2.45) is 30.0 Å². The number of benzene rings is 8. The molecule has 0 unspecified atom stereocenters. The predicted octanol–water partition coefficient (Wildman–Crippen LogP) is 14.3. The summed E-state index contributed by atoms with van der Waals surface area (Å²) in [6.45, 7) is 13.2. The third-order valence-electron chi connectivity index (χ3n) is 12.3. The van der Waals surface area contributed by atoms with Gasteiger partial charge in [-0.1, -0.05) is 220 Å². The predicted molar refractivity (Wildman–Crippen MR) is 284 cm³/mol. The van der Waals surface area contributed by atoms with Crippen molar-refractivity contribution < 1.29 is 0 Å². The average molecular weight is 871 g/mol. The minimum Gasteiger partial charge on any atom is -0.261 e. The van der Waals surface area contributed by atoms with E-state index in [1.807, 2.05) is 97.1 Å². The lowest BCUT2D eigenvalue weighted by Crippen LogP contribution is -2.26. The number of nitrogens with zero attached hydrogens (tertiary/aromatic N) is 6. The lowest BCUT2D eigenvalue weighted by Gasteiger charge is -2.33. The second-order valence-electron chi connectivity index (χ2n) is 16.3. The normalized spacial score (nSPS) is 12.4. The van der Waals surface area contributed by atoms with Crippen LogP contribution in [0.4, 0.5) is 0 Å². The first kappa shape index (κ1) is 45.4. The van der Waals surface area contributed by atoms with Gasteiger partial charge in [-0.05, 0) is 82.9 Å². The SMILES string of the molecule is C=NC(=NC(=NCc1cccc(-c2ccccc2)c1)c1ccc(C(CC)(CC)c2ccc(CN=C(N=C(N=C)c3cccc(-c4ccccc4)c3)c3ccccc3)cc2)cc1)c1ccccc1. The number of rotatable bonds is 14. The van der Waals surface area contributed by atoms with Crippen molar-refractivity contribution in [3.05, 3.63) is 263 Å². The van der Waals surface area contributed by atoms with Gasteiger partial charge in [-0.2, -0.15) is 0 Å². The van der Waals surface area contributed by atoms with Crippen molar-refractivity contribution >= 4 is 36.8 Å². The van der Waals surface area contributed by atoms with E-state index < -0.39 is 0 Å². The number of aliphatic imine (C=N–C) groups is 6. The van der Waals surface area contributed by atoms with Gasteiger partial charge in [0.05, 0.1) is 13.1 Å². The Morgan fingerprint density at radius 3 is 1.25 bits per heavy atom. The lowest BCUT2D eigenvalue weighted by atomic mass is 9.70. The van der Waals surface area contributed by atoms with Crippen LogP contribution in [0.2, 0.25) is 0 Å². The first-order chi connectivity index (χ1) is 33.0. The van der Waals surface area contributed by atoms with Crippen molar-refractivity contribution in [1.29, 1.82) is 0 Å². The molecule has 0 bridgehead atoms. The summed E-state index contributed by atoms with van der Waals surface area (Å²) in [4.78, 5) is 29.0. The highest BCUT2D eigenvalue weighted by Gasteiger charge is 2.30. The molecular formula is C61H54N6. The van der Waals surface area contributed by atoms with E-state index in [-0.39, 0.29) is 5.41 Å². The van der Waals surface area contributed by atoms with Crippen LogP contribution in [0.25, 0.3) is 22.3 Å². The Morgan fingerprint density at radius 1 is 0.358 bits per heavy atom. The molecule has 6 heteroatoms. The maximum atomic E-state index is 5.13. The van der Waals surface area contributed by atoms with E-state index >= 15 is 0 Å². The molecule has 0 fully saturated rings. The van der Waals surface area contributed by atoms with E-state index in [0.717, 1.165) is 62.9 Å². The quantitative estimate of drug-likeness (QED) is 0.0771. The van der Waals surface area contributed by atoms with Crippen LogP contribution >= 0.6 is 0 Å². The molecule has 0 atom stereocenters. The summed E-state index contributed by atoms with van der Waals surface area (Å²) in [7, 11) is 0. The number of amidine groups is 4. The van der Waals surface area contributed by atoms with Gasteiger partial charge < -0.3 is 0 Å². The topological polar surface area (TPSA) is 74.2 Å². The molecule has 8 aromatic carbocycles. The zero-order valence-electron chi connectivity index (χ0n) is 38.2. The zero-order valence-corrected chi connectivity index (χ0v) is 38.2. The van der Waals surface area contributed by atoms with Gasteiger partial charge in [0, 0.05) is 27.7 Å². The highest BCUT2D eigenvalue weighted by Crippen LogP contribution is 2.39. The fourth-order valence-corrected chi connectivity index (χ4v) is 8.52. The van der Waals surface area contributed by atoms with Crippen molar-refractivity contribution in [1.82, 2.24) is 0 Å². The van der Waals surface area contributed by atoms with Crippen molar-refractivity contribution in [3.63, 3.8) is 0 Å². The van der Waals surface area contributed by atoms with Gasteiger partial charge in [-0.3, -0.25) is 9.98 Å². The highest BCUT2D eigenvalue weighted by molar-refractivity contribution is 6.13. The molecule has 0 aliphatic rings. The smallest absolute Gasteiger partial charge is 0.161 e. The zero-order chi connectivity index (χ0) is 46.3. The summed E-state index contributed by atoms with van der Waals surface area (Å²) in [5.74, 6) is 2.24. The number of hydrogen-bond acceptors (Lipinski definition) is 2. The van der Waals surface area contributed by atoms with Gasteiger partial charge in [0.2, 0.25) is 0 Å². The van der Waals surface area contributed by atoms with Crippen LogP contribution in [0.15, 0.2) is 248 Å². The first-order valence-corrected chi connectivity index (χ1v) is 22.8. The van der Waals surface area contributed by atoms with Crippen LogP contribution in [0.5, 0.6) is 0 Å². The third-order valence-corrected chi connectivity index (χ3v) is 12.3. The fraction of sp³-hybridized carbons (Fsp3) is 0.115. The van der Waals surface area contributed by atoms with Crippen LogP contribution in [0.1, 0.15) is 71.2 Å². The molecule has 67 heavy (non-hydrogen) atoms. The molecule has 0 aromatic heterocycles. The first-order valence-electron chi connectivity index (χ1n) is 22.8. The number of hydrogen-bond donors (Lipinski definition) is 0. The molecule has 0 radical (unpaired) electrons. The Hall–Kier alpha value is -8.22. The van der Waals surface area contributed by atoms with E-state index in [4.69, 9.17) is 20.0 Å². The van der Waals surface area contributed by atoms with Crippen molar-refractivity contribution in [2.45, 2.75) is 45.2 Å². The molecule has 328 valence electrons. The molecule has 0 saturated heterocycles. The van der Waals surface area contributed by atoms with Gasteiger partial charge >= 0.3 is 0 Å². The molecule has 0 spiro atoms. The minimum atomic E-state index is -0.213. The monoisotopic (exact) mass is 870 g/mol. The summed E-state index contributed by atoms with van der Waals surface area (Å²) in [6.07, 6.45) is 1.84. The van der Waals surface area contributed by atoms with Crippen LogP contribution < -0.4 is 0 Å². The Labute approximate surface area is 395 Å². The Balaban J connectivity index is 1.07. The van der Waals surface area contributed by atoms with Crippen LogP contribution in [0.3, 0.4) is 0 Å². The standard InChI is InChI=1S/C61H54N6/c1-5-61(6-2,55-37-33-45(34-38-55)43-64-59(50-28-17-10-18-29-50)67-58(63-4)54-32-20-31-53(42-54)48-24-13-8-14-25-48)56-39-35-51(36-40-56)60(66-57(62-3)49-26-15-9-16-27-49)65-44-46-21-19-30-52(41-46)47-22-11-7-12-23-47/h7-42H,3-6,43-44H2,1-2H3. The molecule has 0 N–H and O–H groups in total. The Bertz CT molecular complexity index is 3020. The highest BCUT2D eigenvalue weighted by atomic mass is 15.0. The van der Waals surface area contributed by atoms with Crippen LogP contribution in [0, 0.1) is 0 Å². The van der Waals surface area contributed by atoms with E-state index in [1.54, 1.807) is 0 Å². The summed E-state index contributed by atoms with van der Waals surface area (Å²) >= 11 is 0. The molecule has 0 aliphatic heterocycles. The summed E-state index contributed by atoms with van der Waals surface area (Å²) in [6, 6.07) is 75.1. The molecule has 8 rings (SSSR count). The van der Waals surface area contributed by atoms with Gasteiger partial charge in [0.25, 0.3) is 0 Å². The Morgan fingerprint density at radius 2 is 0.746 bits per heavy atom. The maximum Gasteiger partial charge on any atom is 0.161 e. The molecular weight excluding hydrogens is 817 g/mol.